The van der Waals surface area contributed by atoms with Gasteiger partial charge in [0.1, 0.15) is 0 Å². The van der Waals surface area contributed by atoms with Crippen molar-refractivity contribution in [2.75, 3.05) is 14.2 Å². The summed E-state index contributed by atoms with van der Waals surface area (Å²) in [5, 5.41) is 0. The van der Waals surface area contributed by atoms with Crippen LogP contribution >= 0.6 is 0 Å². The zero-order valence-electron chi connectivity index (χ0n) is 16.2. The first-order chi connectivity index (χ1) is 12.7. The summed E-state index contributed by atoms with van der Waals surface area (Å²) >= 11 is 0. The highest BCUT2D eigenvalue weighted by molar-refractivity contribution is 5.90. The van der Waals surface area contributed by atoms with E-state index >= 15 is 0 Å². The molecule has 1 aromatic heterocycles. The number of fused-ring (bicyclic) bond motifs is 1. The third-order valence-electron chi connectivity index (χ3n) is 4.50. The van der Waals surface area contributed by atoms with Gasteiger partial charge in [-0.15, -0.1) is 0 Å². The number of carbonyl (C=O) groups is 1. The molecule has 0 aliphatic carbocycles. The van der Waals surface area contributed by atoms with Crippen LogP contribution in [0.15, 0.2) is 45.6 Å². The number of methoxy groups -OCH3 is 2. The molecule has 0 aliphatic rings. The SMILES string of the molecule is COc1ccc(CC(=O)n2c(=O)oc3ccc(C(C)(C)C)cc32)cc1OC. The highest BCUT2D eigenvalue weighted by Gasteiger charge is 2.20. The number of ether oxygens (including phenoxy) is 2. The number of carbonyl (C=O) groups excluding carboxylic acids is 1. The van der Waals surface area contributed by atoms with E-state index in [1.54, 1.807) is 31.4 Å². The summed E-state index contributed by atoms with van der Waals surface area (Å²) in [5.74, 6) is 0.0650. The van der Waals surface area contributed by atoms with E-state index in [0.717, 1.165) is 10.1 Å². The number of oxazole rings is 1. The van der Waals surface area contributed by atoms with Gasteiger partial charge in [0, 0.05) is 0 Å². The molecule has 3 rings (SSSR count). The fraction of sp³-hybridized carbons (Fsp3) is 0.333. The molecule has 6 heteroatoms. The van der Waals surface area contributed by atoms with Crippen LogP contribution in [0.5, 0.6) is 11.5 Å². The van der Waals surface area contributed by atoms with Crippen LogP contribution in [-0.4, -0.2) is 24.7 Å². The Morgan fingerprint density at radius 3 is 2.37 bits per heavy atom. The minimum atomic E-state index is -0.679. The average molecular weight is 369 g/mol. The van der Waals surface area contributed by atoms with E-state index in [-0.39, 0.29) is 17.7 Å². The second-order valence-corrected chi connectivity index (χ2v) is 7.40. The third-order valence-corrected chi connectivity index (χ3v) is 4.50. The second-order valence-electron chi connectivity index (χ2n) is 7.40. The van der Waals surface area contributed by atoms with Gasteiger partial charge in [-0.1, -0.05) is 32.9 Å². The maximum absolute atomic E-state index is 12.9. The van der Waals surface area contributed by atoms with Gasteiger partial charge in [-0.05, 0) is 40.8 Å². The van der Waals surface area contributed by atoms with E-state index in [4.69, 9.17) is 13.9 Å². The zero-order chi connectivity index (χ0) is 19.8. The Morgan fingerprint density at radius 2 is 1.74 bits per heavy atom. The molecule has 0 spiro atoms. The van der Waals surface area contributed by atoms with Gasteiger partial charge in [-0.2, -0.15) is 0 Å². The Balaban J connectivity index is 2.01. The van der Waals surface area contributed by atoms with Gasteiger partial charge in [0.25, 0.3) is 0 Å². The monoisotopic (exact) mass is 369 g/mol. The van der Waals surface area contributed by atoms with Gasteiger partial charge in [-0.25, -0.2) is 9.36 Å². The van der Waals surface area contributed by atoms with E-state index in [2.05, 4.69) is 20.8 Å². The summed E-state index contributed by atoms with van der Waals surface area (Å²) in [6, 6.07) is 10.7. The van der Waals surface area contributed by atoms with Gasteiger partial charge in [0.15, 0.2) is 17.1 Å². The van der Waals surface area contributed by atoms with Crippen LogP contribution < -0.4 is 15.2 Å². The van der Waals surface area contributed by atoms with Crippen molar-refractivity contribution in [1.29, 1.82) is 0 Å². The zero-order valence-corrected chi connectivity index (χ0v) is 16.2. The van der Waals surface area contributed by atoms with E-state index in [0.29, 0.717) is 28.2 Å². The summed E-state index contributed by atoms with van der Waals surface area (Å²) in [6.45, 7) is 6.21. The number of benzene rings is 2. The van der Waals surface area contributed by atoms with Gasteiger partial charge in [0.05, 0.1) is 26.2 Å². The summed E-state index contributed by atoms with van der Waals surface area (Å²) in [5.41, 5.74) is 2.50. The van der Waals surface area contributed by atoms with Crippen molar-refractivity contribution in [2.45, 2.75) is 32.6 Å². The van der Waals surface area contributed by atoms with Crippen molar-refractivity contribution < 1.29 is 18.7 Å². The van der Waals surface area contributed by atoms with Crippen LogP contribution in [0.25, 0.3) is 11.1 Å². The summed E-state index contributed by atoms with van der Waals surface area (Å²) in [6.07, 6.45) is 0.0363. The lowest BCUT2D eigenvalue weighted by Crippen LogP contribution is -2.24. The molecule has 2 aromatic carbocycles. The maximum Gasteiger partial charge on any atom is 0.426 e. The molecule has 0 unspecified atom stereocenters. The largest absolute Gasteiger partial charge is 0.493 e. The van der Waals surface area contributed by atoms with Crippen LogP contribution in [0, 0.1) is 0 Å². The Hall–Kier alpha value is -3.02. The fourth-order valence-corrected chi connectivity index (χ4v) is 2.96. The molecule has 0 bridgehead atoms. The molecule has 3 aromatic rings. The number of nitrogens with zero attached hydrogens (tertiary/aromatic N) is 1. The molecule has 142 valence electrons. The maximum atomic E-state index is 12.9. The number of hydrogen-bond donors (Lipinski definition) is 0. The molecule has 0 N–H and O–H groups in total. The van der Waals surface area contributed by atoms with E-state index in [1.807, 2.05) is 12.1 Å². The van der Waals surface area contributed by atoms with Crippen molar-refractivity contribution in [2.24, 2.45) is 0 Å². The van der Waals surface area contributed by atoms with Crippen molar-refractivity contribution in [3.05, 3.63) is 58.1 Å². The van der Waals surface area contributed by atoms with Gasteiger partial charge >= 0.3 is 5.76 Å². The summed E-state index contributed by atoms with van der Waals surface area (Å²) in [4.78, 5) is 25.1. The van der Waals surface area contributed by atoms with Crippen molar-refractivity contribution in [3.63, 3.8) is 0 Å². The molecule has 0 amide bonds. The third kappa shape index (κ3) is 3.60. The predicted octanol–water partition coefficient (Wildman–Crippen LogP) is 3.79. The molecule has 0 radical (unpaired) electrons. The lowest BCUT2D eigenvalue weighted by atomic mass is 9.87. The highest BCUT2D eigenvalue weighted by atomic mass is 16.5. The second kappa shape index (κ2) is 6.95. The Bertz CT molecular complexity index is 1050. The molecular formula is C21H23NO5. The van der Waals surface area contributed by atoms with Gasteiger partial charge in [-0.3, -0.25) is 4.79 Å². The lowest BCUT2D eigenvalue weighted by Gasteiger charge is -2.18. The molecule has 27 heavy (non-hydrogen) atoms. The molecule has 6 nitrogen and oxygen atoms in total. The first-order valence-corrected chi connectivity index (χ1v) is 8.65. The predicted molar refractivity (Wildman–Crippen MR) is 103 cm³/mol. The minimum absolute atomic E-state index is 0.0363. The number of aromatic nitrogens is 1. The van der Waals surface area contributed by atoms with Crippen LogP contribution in [0.2, 0.25) is 0 Å². The molecular weight excluding hydrogens is 346 g/mol. The fourth-order valence-electron chi connectivity index (χ4n) is 2.96. The van der Waals surface area contributed by atoms with Crippen LogP contribution in [0.1, 0.15) is 36.7 Å². The average Bonchev–Trinajstić information content (AvgIpc) is 2.95. The summed E-state index contributed by atoms with van der Waals surface area (Å²) < 4.78 is 16.8. The van der Waals surface area contributed by atoms with Crippen LogP contribution in [0.3, 0.4) is 0 Å². The molecule has 1 heterocycles. The Labute approximate surface area is 157 Å². The van der Waals surface area contributed by atoms with Crippen LogP contribution in [0.4, 0.5) is 0 Å². The van der Waals surface area contributed by atoms with E-state index < -0.39 is 5.76 Å². The normalized spacial score (nSPS) is 11.6. The van der Waals surface area contributed by atoms with Crippen molar-refractivity contribution in [3.8, 4) is 11.5 Å². The van der Waals surface area contributed by atoms with E-state index in [1.165, 1.54) is 7.11 Å². The molecule has 0 atom stereocenters. The smallest absolute Gasteiger partial charge is 0.426 e. The minimum Gasteiger partial charge on any atom is -0.493 e. The topological polar surface area (TPSA) is 70.7 Å². The Kier molecular flexibility index (Phi) is 4.83. The first kappa shape index (κ1) is 18.8. The molecule has 0 saturated heterocycles. The lowest BCUT2D eigenvalue weighted by molar-refractivity contribution is 0.0910. The highest BCUT2D eigenvalue weighted by Crippen LogP contribution is 2.28. The van der Waals surface area contributed by atoms with Crippen molar-refractivity contribution >= 4 is 17.0 Å². The van der Waals surface area contributed by atoms with E-state index in [9.17, 15) is 9.59 Å². The number of rotatable bonds is 4. The standard InChI is InChI=1S/C21H23NO5/c1-21(2,3)14-7-9-16-15(12-14)22(20(24)27-16)19(23)11-13-6-8-17(25-4)18(10-13)26-5/h6-10,12H,11H2,1-5H3. The van der Waals surface area contributed by atoms with Crippen molar-refractivity contribution in [1.82, 2.24) is 4.57 Å². The first-order valence-electron chi connectivity index (χ1n) is 8.65. The van der Waals surface area contributed by atoms with Gasteiger partial charge < -0.3 is 13.9 Å². The molecule has 0 aliphatic heterocycles. The molecule has 0 fully saturated rings. The Morgan fingerprint density at radius 1 is 1.04 bits per heavy atom. The molecule has 0 saturated carbocycles. The number of hydrogen-bond acceptors (Lipinski definition) is 5. The van der Waals surface area contributed by atoms with Gasteiger partial charge in [0.2, 0.25) is 5.91 Å². The van der Waals surface area contributed by atoms with Crippen LogP contribution in [-0.2, 0) is 11.8 Å². The quantitative estimate of drug-likeness (QED) is 0.700. The summed E-state index contributed by atoms with van der Waals surface area (Å²) in [7, 11) is 3.08.